The van der Waals surface area contributed by atoms with E-state index in [2.05, 4.69) is 5.32 Å². The van der Waals surface area contributed by atoms with E-state index < -0.39 is 10.0 Å². The maximum atomic E-state index is 12.1. The fraction of sp³-hybridized carbons (Fsp3) is 0.462. The summed E-state index contributed by atoms with van der Waals surface area (Å²) in [5.74, 6) is -0.383. The second-order valence-corrected chi connectivity index (χ2v) is 7.29. The van der Waals surface area contributed by atoms with Crippen LogP contribution in [0.4, 0.5) is 0 Å². The second-order valence-electron chi connectivity index (χ2n) is 4.76. The predicted octanol–water partition coefficient (Wildman–Crippen LogP) is 1.35. The fourth-order valence-corrected chi connectivity index (χ4v) is 3.03. The van der Waals surface area contributed by atoms with Gasteiger partial charge >= 0.3 is 0 Å². The number of methoxy groups -OCH3 is 1. The van der Waals surface area contributed by atoms with Gasteiger partial charge in [0.25, 0.3) is 5.91 Å². The average molecular weight is 335 g/mol. The number of ether oxygens (including phenoxy) is 1. The molecule has 0 bridgehead atoms. The normalized spacial score (nSPS) is 13.2. The van der Waals surface area contributed by atoms with Crippen molar-refractivity contribution in [1.29, 1.82) is 0 Å². The van der Waals surface area contributed by atoms with Crippen molar-refractivity contribution in [2.75, 3.05) is 27.8 Å². The van der Waals surface area contributed by atoms with Crippen LogP contribution in [0.15, 0.2) is 23.1 Å². The van der Waals surface area contributed by atoms with Crippen molar-refractivity contribution in [1.82, 2.24) is 9.62 Å². The Morgan fingerprint density at radius 1 is 1.43 bits per heavy atom. The van der Waals surface area contributed by atoms with Gasteiger partial charge in [0.15, 0.2) is 0 Å². The lowest BCUT2D eigenvalue weighted by Crippen LogP contribution is -2.35. The molecule has 0 heterocycles. The van der Waals surface area contributed by atoms with Crippen molar-refractivity contribution < 1.29 is 17.9 Å². The minimum Gasteiger partial charge on any atom is -0.383 e. The van der Waals surface area contributed by atoms with Gasteiger partial charge in [-0.05, 0) is 25.1 Å². The predicted molar refractivity (Wildman–Crippen MR) is 81.1 cm³/mol. The minimum absolute atomic E-state index is 0.0742. The maximum absolute atomic E-state index is 12.1. The van der Waals surface area contributed by atoms with Crippen molar-refractivity contribution in [2.24, 2.45) is 0 Å². The van der Waals surface area contributed by atoms with Crippen LogP contribution in [0.1, 0.15) is 17.3 Å². The molecule has 1 aromatic carbocycles. The summed E-state index contributed by atoms with van der Waals surface area (Å²) in [4.78, 5) is 12.0. The number of carbonyl (C=O) groups excluding carboxylic acids is 1. The zero-order chi connectivity index (χ0) is 16.2. The molecule has 1 amide bonds. The molecular formula is C13H19ClN2O4S. The number of rotatable bonds is 6. The number of nitrogens with zero attached hydrogens (tertiary/aromatic N) is 1. The van der Waals surface area contributed by atoms with Crippen molar-refractivity contribution in [3.63, 3.8) is 0 Å². The molecule has 8 heteroatoms. The van der Waals surface area contributed by atoms with Gasteiger partial charge < -0.3 is 10.1 Å². The van der Waals surface area contributed by atoms with Crippen LogP contribution >= 0.6 is 11.6 Å². The Labute approximate surface area is 130 Å². The van der Waals surface area contributed by atoms with Gasteiger partial charge in [0.05, 0.1) is 11.6 Å². The van der Waals surface area contributed by atoms with E-state index in [1.165, 1.54) is 39.4 Å². The Morgan fingerprint density at radius 3 is 2.57 bits per heavy atom. The van der Waals surface area contributed by atoms with Crippen LogP contribution < -0.4 is 5.32 Å². The number of hydrogen-bond donors (Lipinski definition) is 1. The summed E-state index contributed by atoms with van der Waals surface area (Å²) in [5.41, 5.74) is 0.225. The molecule has 0 aliphatic heterocycles. The third-order valence-corrected chi connectivity index (χ3v) is 5.04. The second kappa shape index (κ2) is 7.22. The van der Waals surface area contributed by atoms with Gasteiger partial charge in [0.2, 0.25) is 10.0 Å². The largest absolute Gasteiger partial charge is 0.383 e. The molecule has 0 saturated heterocycles. The topological polar surface area (TPSA) is 75.7 Å². The van der Waals surface area contributed by atoms with E-state index in [0.717, 1.165) is 4.31 Å². The lowest BCUT2D eigenvalue weighted by molar-refractivity contribution is 0.0905. The molecule has 0 spiro atoms. The first-order valence-corrected chi connectivity index (χ1v) is 8.03. The van der Waals surface area contributed by atoms with Gasteiger partial charge in [-0.1, -0.05) is 11.6 Å². The van der Waals surface area contributed by atoms with Crippen LogP contribution in [0.2, 0.25) is 5.02 Å². The van der Waals surface area contributed by atoms with Crippen molar-refractivity contribution >= 4 is 27.5 Å². The fourth-order valence-electron chi connectivity index (χ4n) is 1.64. The first-order valence-electron chi connectivity index (χ1n) is 6.22. The van der Waals surface area contributed by atoms with E-state index in [4.69, 9.17) is 16.3 Å². The summed E-state index contributed by atoms with van der Waals surface area (Å²) in [7, 11) is 0.633. The molecule has 118 valence electrons. The van der Waals surface area contributed by atoms with Crippen LogP contribution in [0, 0.1) is 0 Å². The first kappa shape index (κ1) is 17.9. The molecule has 0 fully saturated rings. The maximum Gasteiger partial charge on any atom is 0.251 e. The van der Waals surface area contributed by atoms with E-state index in [9.17, 15) is 13.2 Å². The number of benzene rings is 1. The highest BCUT2D eigenvalue weighted by molar-refractivity contribution is 7.89. The molecule has 0 aliphatic rings. The first-order chi connectivity index (χ1) is 9.70. The molecule has 1 N–H and O–H groups in total. The number of hydrogen-bond acceptors (Lipinski definition) is 4. The summed E-state index contributed by atoms with van der Waals surface area (Å²) < 4.78 is 30.3. The lowest BCUT2D eigenvalue weighted by Gasteiger charge is -2.15. The molecule has 1 atom stereocenters. The minimum atomic E-state index is -3.71. The molecule has 0 saturated carbocycles. The summed E-state index contributed by atoms with van der Waals surface area (Å²) in [6, 6.07) is 3.96. The molecule has 21 heavy (non-hydrogen) atoms. The Hall–Kier alpha value is -1.15. The molecule has 1 aromatic rings. The highest BCUT2D eigenvalue weighted by Crippen LogP contribution is 2.24. The summed E-state index contributed by atoms with van der Waals surface area (Å²) in [6.07, 6.45) is 0. The Balaban J connectivity index is 3.10. The Bertz CT molecular complexity index is 617. The van der Waals surface area contributed by atoms with E-state index >= 15 is 0 Å². The zero-order valence-corrected chi connectivity index (χ0v) is 14.0. The molecule has 1 rings (SSSR count). The molecular weight excluding hydrogens is 316 g/mol. The van der Waals surface area contributed by atoms with Gasteiger partial charge in [-0.2, -0.15) is 0 Å². The van der Waals surface area contributed by atoms with Crippen molar-refractivity contribution in [2.45, 2.75) is 17.9 Å². The SMILES string of the molecule is COCC(C)NC(=O)c1ccc(Cl)c(S(=O)(=O)N(C)C)c1. The number of halogens is 1. The summed E-state index contributed by atoms with van der Waals surface area (Å²) >= 11 is 5.93. The van der Waals surface area contributed by atoms with Crippen LogP contribution in [0.3, 0.4) is 0 Å². The van der Waals surface area contributed by atoms with Gasteiger partial charge in [0, 0.05) is 32.8 Å². The summed E-state index contributed by atoms with van der Waals surface area (Å²) in [5, 5.41) is 2.78. The highest BCUT2D eigenvalue weighted by atomic mass is 35.5. The third-order valence-electron chi connectivity index (χ3n) is 2.75. The Morgan fingerprint density at radius 2 is 2.05 bits per heavy atom. The van der Waals surface area contributed by atoms with Crippen LogP contribution in [-0.4, -0.2) is 52.5 Å². The summed E-state index contributed by atoms with van der Waals surface area (Å²) in [6.45, 7) is 2.15. The van der Waals surface area contributed by atoms with Crippen LogP contribution in [0.25, 0.3) is 0 Å². The van der Waals surface area contributed by atoms with Crippen LogP contribution in [0.5, 0.6) is 0 Å². The standard InChI is InChI=1S/C13H19ClN2O4S/c1-9(8-20-4)15-13(17)10-5-6-11(14)12(7-10)21(18,19)16(2)3/h5-7,9H,8H2,1-4H3,(H,15,17). The zero-order valence-electron chi connectivity index (χ0n) is 12.4. The van der Waals surface area contributed by atoms with Crippen molar-refractivity contribution in [3.05, 3.63) is 28.8 Å². The number of nitrogens with one attached hydrogen (secondary N) is 1. The number of sulfonamides is 1. The molecule has 1 unspecified atom stereocenters. The van der Waals surface area contributed by atoms with E-state index in [-0.39, 0.29) is 27.4 Å². The third kappa shape index (κ3) is 4.41. The van der Waals surface area contributed by atoms with E-state index in [0.29, 0.717) is 6.61 Å². The molecule has 6 nitrogen and oxygen atoms in total. The quantitative estimate of drug-likeness (QED) is 0.852. The molecule has 0 aliphatic carbocycles. The monoisotopic (exact) mass is 334 g/mol. The average Bonchev–Trinajstić information content (AvgIpc) is 2.38. The van der Waals surface area contributed by atoms with E-state index in [1.54, 1.807) is 6.92 Å². The molecule has 0 aromatic heterocycles. The Kier molecular flexibility index (Phi) is 6.15. The van der Waals surface area contributed by atoms with Crippen molar-refractivity contribution in [3.8, 4) is 0 Å². The molecule has 0 radical (unpaired) electrons. The number of amides is 1. The number of carbonyl (C=O) groups is 1. The van der Waals surface area contributed by atoms with Gasteiger partial charge in [0.1, 0.15) is 4.90 Å². The van der Waals surface area contributed by atoms with Gasteiger partial charge in [-0.3, -0.25) is 4.79 Å². The van der Waals surface area contributed by atoms with Gasteiger partial charge in [-0.15, -0.1) is 0 Å². The van der Waals surface area contributed by atoms with Gasteiger partial charge in [-0.25, -0.2) is 12.7 Å². The lowest BCUT2D eigenvalue weighted by atomic mass is 10.2. The smallest absolute Gasteiger partial charge is 0.251 e. The van der Waals surface area contributed by atoms with Crippen LogP contribution in [-0.2, 0) is 14.8 Å². The highest BCUT2D eigenvalue weighted by Gasteiger charge is 2.22. The van der Waals surface area contributed by atoms with E-state index in [1.807, 2.05) is 0 Å².